The van der Waals surface area contributed by atoms with Crippen LogP contribution in [-0.4, -0.2) is 0 Å². The highest BCUT2D eigenvalue weighted by atomic mass is 19.1. The molecule has 0 unspecified atom stereocenters. The molecule has 3 heteroatoms. The fourth-order valence-corrected chi connectivity index (χ4v) is 1.53. The molecule has 2 N–H and O–H groups in total. The molecule has 0 saturated heterocycles. The van der Waals surface area contributed by atoms with E-state index in [0.717, 1.165) is 0 Å². The number of nitrogens with two attached hydrogens (primary N) is 1. The summed E-state index contributed by atoms with van der Waals surface area (Å²) in [4.78, 5) is 0. The van der Waals surface area contributed by atoms with Gasteiger partial charge in [-0.25, -0.2) is 4.39 Å². The van der Waals surface area contributed by atoms with E-state index in [9.17, 15) is 4.39 Å². The van der Waals surface area contributed by atoms with Crippen molar-refractivity contribution in [3.8, 4) is 17.2 Å². The molecular weight excluding hydrogens is 203 g/mol. The minimum absolute atomic E-state index is 0.320. The van der Waals surface area contributed by atoms with Crippen LogP contribution in [0.15, 0.2) is 42.5 Å². The average Bonchev–Trinajstić information content (AvgIpc) is 2.30. The molecule has 0 amide bonds. The van der Waals surface area contributed by atoms with Gasteiger partial charge in [0, 0.05) is 11.3 Å². The largest absolute Gasteiger partial charge is 0.398 e. The normalized spacial score (nSPS) is 9.75. The van der Waals surface area contributed by atoms with Gasteiger partial charge in [-0.1, -0.05) is 12.1 Å². The second kappa shape index (κ2) is 4.03. The smallest absolute Gasteiger partial charge is 0.123 e. The van der Waals surface area contributed by atoms with Gasteiger partial charge in [-0.05, 0) is 35.9 Å². The van der Waals surface area contributed by atoms with Gasteiger partial charge in [-0.2, -0.15) is 5.26 Å². The average molecular weight is 212 g/mol. The molecule has 2 aromatic carbocycles. The fourth-order valence-electron chi connectivity index (χ4n) is 1.53. The Morgan fingerprint density at radius 2 is 1.94 bits per heavy atom. The van der Waals surface area contributed by atoms with Crippen molar-refractivity contribution in [2.75, 3.05) is 5.73 Å². The molecule has 0 spiro atoms. The molecule has 0 aliphatic rings. The third kappa shape index (κ3) is 1.86. The molecular formula is C13H9FN2. The summed E-state index contributed by atoms with van der Waals surface area (Å²) in [5, 5.41) is 8.79. The summed E-state index contributed by atoms with van der Waals surface area (Å²) in [5.74, 6) is -0.320. The van der Waals surface area contributed by atoms with Gasteiger partial charge in [0.1, 0.15) is 5.82 Å². The van der Waals surface area contributed by atoms with Crippen molar-refractivity contribution in [1.82, 2.24) is 0 Å². The first-order valence-corrected chi connectivity index (χ1v) is 4.76. The Labute approximate surface area is 92.8 Å². The summed E-state index contributed by atoms with van der Waals surface area (Å²) in [5.41, 5.74) is 8.19. The first-order chi connectivity index (χ1) is 7.70. The van der Waals surface area contributed by atoms with Crippen molar-refractivity contribution in [2.45, 2.75) is 0 Å². The van der Waals surface area contributed by atoms with Crippen LogP contribution < -0.4 is 5.73 Å². The number of nitrogens with zero attached hydrogens (tertiary/aromatic N) is 1. The first-order valence-electron chi connectivity index (χ1n) is 4.76. The van der Waals surface area contributed by atoms with Crippen molar-refractivity contribution >= 4 is 5.69 Å². The van der Waals surface area contributed by atoms with Gasteiger partial charge < -0.3 is 5.73 Å². The van der Waals surface area contributed by atoms with Crippen molar-refractivity contribution in [1.29, 1.82) is 5.26 Å². The predicted molar refractivity (Wildman–Crippen MR) is 61.0 cm³/mol. The molecule has 0 radical (unpaired) electrons. The Morgan fingerprint density at radius 3 is 2.62 bits per heavy atom. The summed E-state index contributed by atoms with van der Waals surface area (Å²) in [7, 11) is 0. The molecule has 0 saturated carbocycles. The molecule has 2 rings (SSSR count). The van der Waals surface area contributed by atoms with Crippen LogP contribution in [0.1, 0.15) is 5.56 Å². The first kappa shape index (κ1) is 10.2. The maximum absolute atomic E-state index is 13.1. The van der Waals surface area contributed by atoms with Crippen LogP contribution in [0.2, 0.25) is 0 Å². The number of benzene rings is 2. The maximum Gasteiger partial charge on any atom is 0.123 e. The Hall–Kier alpha value is -2.34. The lowest BCUT2D eigenvalue weighted by Gasteiger charge is -2.06. The van der Waals surface area contributed by atoms with E-state index >= 15 is 0 Å². The highest BCUT2D eigenvalue weighted by Gasteiger charge is 2.04. The van der Waals surface area contributed by atoms with E-state index < -0.39 is 0 Å². The van der Waals surface area contributed by atoms with E-state index in [-0.39, 0.29) is 5.82 Å². The number of hydrogen-bond acceptors (Lipinski definition) is 2. The zero-order chi connectivity index (χ0) is 11.5. The summed E-state index contributed by atoms with van der Waals surface area (Å²) in [6.07, 6.45) is 0. The van der Waals surface area contributed by atoms with Crippen LogP contribution in [0, 0.1) is 17.1 Å². The monoisotopic (exact) mass is 212 g/mol. The van der Waals surface area contributed by atoms with Crippen LogP contribution in [0.25, 0.3) is 11.1 Å². The maximum atomic E-state index is 13.1. The Morgan fingerprint density at radius 1 is 1.12 bits per heavy atom. The van der Waals surface area contributed by atoms with Crippen molar-refractivity contribution in [3.05, 3.63) is 53.8 Å². The van der Waals surface area contributed by atoms with E-state index in [1.54, 1.807) is 30.3 Å². The van der Waals surface area contributed by atoms with Gasteiger partial charge in [-0.15, -0.1) is 0 Å². The van der Waals surface area contributed by atoms with Gasteiger partial charge in [0.2, 0.25) is 0 Å². The van der Waals surface area contributed by atoms with Crippen molar-refractivity contribution < 1.29 is 4.39 Å². The quantitative estimate of drug-likeness (QED) is 0.739. The molecule has 0 aromatic heterocycles. The SMILES string of the molecule is N#Cc1ccc(N)c(-c2cccc(F)c2)c1. The number of nitrogen functional groups attached to an aromatic ring is 1. The third-order valence-electron chi connectivity index (χ3n) is 2.32. The zero-order valence-corrected chi connectivity index (χ0v) is 8.44. The van der Waals surface area contributed by atoms with Gasteiger partial charge in [-0.3, -0.25) is 0 Å². The number of nitriles is 1. The molecule has 0 heterocycles. The summed E-state index contributed by atoms with van der Waals surface area (Å²) >= 11 is 0. The van der Waals surface area contributed by atoms with Crippen LogP contribution in [0.5, 0.6) is 0 Å². The molecule has 78 valence electrons. The molecule has 2 nitrogen and oxygen atoms in total. The second-order valence-electron chi connectivity index (χ2n) is 3.42. The minimum atomic E-state index is -0.320. The zero-order valence-electron chi connectivity index (χ0n) is 8.44. The van der Waals surface area contributed by atoms with E-state index in [2.05, 4.69) is 0 Å². The number of hydrogen-bond donors (Lipinski definition) is 1. The van der Waals surface area contributed by atoms with E-state index in [1.807, 2.05) is 6.07 Å². The van der Waals surface area contributed by atoms with Crippen molar-refractivity contribution in [2.24, 2.45) is 0 Å². The molecule has 0 fully saturated rings. The van der Waals surface area contributed by atoms with E-state index in [0.29, 0.717) is 22.4 Å². The summed E-state index contributed by atoms with van der Waals surface area (Å²) in [6.45, 7) is 0. The number of anilines is 1. The van der Waals surface area contributed by atoms with Crippen LogP contribution in [0.4, 0.5) is 10.1 Å². The predicted octanol–water partition coefficient (Wildman–Crippen LogP) is 2.95. The van der Waals surface area contributed by atoms with Crippen LogP contribution in [-0.2, 0) is 0 Å². The lowest BCUT2D eigenvalue weighted by molar-refractivity contribution is 0.628. The highest BCUT2D eigenvalue weighted by molar-refractivity contribution is 5.77. The summed E-state index contributed by atoms with van der Waals surface area (Å²) < 4.78 is 13.1. The molecule has 0 aliphatic carbocycles. The van der Waals surface area contributed by atoms with Crippen molar-refractivity contribution in [3.63, 3.8) is 0 Å². The van der Waals surface area contributed by atoms with Gasteiger partial charge in [0.15, 0.2) is 0 Å². The van der Waals surface area contributed by atoms with Gasteiger partial charge >= 0.3 is 0 Å². The molecule has 16 heavy (non-hydrogen) atoms. The lowest BCUT2D eigenvalue weighted by atomic mass is 10.0. The van der Waals surface area contributed by atoms with E-state index in [4.69, 9.17) is 11.0 Å². The second-order valence-corrected chi connectivity index (χ2v) is 3.42. The Kier molecular flexibility index (Phi) is 2.57. The highest BCUT2D eigenvalue weighted by Crippen LogP contribution is 2.27. The minimum Gasteiger partial charge on any atom is -0.398 e. The van der Waals surface area contributed by atoms with Crippen LogP contribution in [0.3, 0.4) is 0 Å². The molecule has 0 aliphatic heterocycles. The van der Waals surface area contributed by atoms with Gasteiger partial charge in [0.05, 0.1) is 11.6 Å². The molecule has 0 bridgehead atoms. The molecule has 0 atom stereocenters. The fraction of sp³-hybridized carbons (Fsp3) is 0. The third-order valence-corrected chi connectivity index (χ3v) is 2.32. The lowest BCUT2D eigenvalue weighted by Crippen LogP contribution is -1.91. The number of rotatable bonds is 1. The molecule has 2 aromatic rings. The van der Waals surface area contributed by atoms with Gasteiger partial charge in [0.25, 0.3) is 0 Å². The summed E-state index contributed by atoms with van der Waals surface area (Å²) in [6, 6.07) is 13.1. The van der Waals surface area contributed by atoms with Crippen LogP contribution >= 0.6 is 0 Å². The standard InChI is InChI=1S/C13H9FN2/c14-11-3-1-2-10(7-11)12-6-9(8-15)4-5-13(12)16/h1-7H,16H2. The van der Waals surface area contributed by atoms with E-state index in [1.165, 1.54) is 12.1 Å². The Balaban J connectivity index is 2.60. The Bertz CT molecular complexity index is 570. The topological polar surface area (TPSA) is 49.8 Å². The number of halogens is 1.